The first-order chi connectivity index (χ1) is 6.25. The van der Waals surface area contributed by atoms with Crippen LogP contribution >= 0.6 is 0 Å². The van der Waals surface area contributed by atoms with Gasteiger partial charge in [-0.25, -0.2) is 0 Å². The summed E-state index contributed by atoms with van der Waals surface area (Å²) in [6.07, 6.45) is 5.69. The van der Waals surface area contributed by atoms with E-state index < -0.39 is 5.97 Å². The van der Waals surface area contributed by atoms with Crippen molar-refractivity contribution in [1.29, 1.82) is 0 Å². The smallest absolute Gasteiger partial charge is 0.320 e. The number of nitrogens with zero attached hydrogens (tertiary/aromatic N) is 1. The van der Waals surface area contributed by atoms with Crippen molar-refractivity contribution in [1.82, 2.24) is 4.90 Å². The van der Waals surface area contributed by atoms with E-state index in [4.69, 9.17) is 5.11 Å². The van der Waals surface area contributed by atoms with Crippen molar-refractivity contribution < 1.29 is 9.90 Å². The van der Waals surface area contributed by atoms with Crippen molar-refractivity contribution in [2.75, 3.05) is 13.1 Å². The zero-order valence-electron chi connectivity index (χ0n) is 7.91. The van der Waals surface area contributed by atoms with Crippen LogP contribution < -0.4 is 0 Å². The molecule has 1 heterocycles. The Labute approximate surface area is 79.0 Å². The maximum absolute atomic E-state index is 10.9. The zero-order chi connectivity index (χ0) is 9.68. The average Bonchev–Trinajstić information content (AvgIpc) is 2.15. The van der Waals surface area contributed by atoms with Crippen molar-refractivity contribution in [2.45, 2.75) is 31.7 Å². The first kappa shape index (κ1) is 10.3. The van der Waals surface area contributed by atoms with Crippen LogP contribution in [0.4, 0.5) is 0 Å². The predicted octanol–water partition coefficient (Wildman–Crippen LogP) is 1.50. The van der Waals surface area contributed by atoms with Gasteiger partial charge in [-0.15, -0.1) is 6.58 Å². The minimum absolute atomic E-state index is 0.256. The summed E-state index contributed by atoms with van der Waals surface area (Å²) >= 11 is 0. The van der Waals surface area contributed by atoms with Gasteiger partial charge in [-0.2, -0.15) is 0 Å². The predicted molar refractivity (Wildman–Crippen MR) is 51.7 cm³/mol. The van der Waals surface area contributed by atoms with Gasteiger partial charge >= 0.3 is 5.97 Å². The molecule has 13 heavy (non-hydrogen) atoms. The van der Waals surface area contributed by atoms with Gasteiger partial charge in [0, 0.05) is 6.54 Å². The summed E-state index contributed by atoms with van der Waals surface area (Å²) in [5.41, 5.74) is 0. The lowest BCUT2D eigenvalue weighted by atomic mass is 10.0. The minimum Gasteiger partial charge on any atom is -0.480 e. The summed E-state index contributed by atoms with van der Waals surface area (Å²) in [6, 6.07) is -0.256. The van der Waals surface area contributed by atoms with Crippen LogP contribution in [0.5, 0.6) is 0 Å². The summed E-state index contributed by atoms with van der Waals surface area (Å²) in [5, 5.41) is 8.94. The normalized spacial score (nSPS) is 24.2. The van der Waals surface area contributed by atoms with Crippen molar-refractivity contribution in [3.8, 4) is 0 Å². The quantitative estimate of drug-likeness (QED) is 0.671. The van der Waals surface area contributed by atoms with E-state index in [0.29, 0.717) is 0 Å². The molecule has 1 aliphatic rings. The molecular weight excluding hydrogens is 166 g/mol. The van der Waals surface area contributed by atoms with Crippen LogP contribution in [0.1, 0.15) is 25.7 Å². The molecule has 1 saturated heterocycles. The van der Waals surface area contributed by atoms with E-state index in [0.717, 1.165) is 38.8 Å². The van der Waals surface area contributed by atoms with Crippen LogP contribution in [-0.2, 0) is 4.79 Å². The number of hydrogen-bond donors (Lipinski definition) is 1. The third-order valence-electron chi connectivity index (χ3n) is 2.52. The molecule has 3 heteroatoms. The van der Waals surface area contributed by atoms with Crippen molar-refractivity contribution in [3.05, 3.63) is 12.7 Å². The van der Waals surface area contributed by atoms with Gasteiger partial charge in [0.2, 0.25) is 0 Å². The molecule has 0 spiro atoms. The number of hydrogen-bond acceptors (Lipinski definition) is 2. The van der Waals surface area contributed by atoms with E-state index in [1.165, 1.54) is 0 Å². The fourth-order valence-corrected chi connectivity index (χ4v) is 1.80. The van der Waals surface area contributed by atoms with Gasteiger partial charge < -0.3 is 5.11 Å². The van der Waals surface area contributed by atoms with Gasteiger partial charge in [0.15, 0.2) is 0 Å². The largest absolute Gasteiger partial charge is 0.480 e. The SMILES string of the molecule is C=CCCN1CCCCC1C(=O)O. The molecule has 74 valence electrons. The highest BCUT2D eigenvalue weighted by Gasteiger charge is 2.27. The van der Waals surface area contributed by atoms with Gasteiger partial charge in [0.05, 0.1) is 0 Å². The van der Waals surface area contributed by atoms with E-state index in [9.17, 15) is 4.79 Å². The summed E-state index contributed by atoms with van der Waals surface area (Å²) in [5.74, 6) is -0.677. The Hall–Kier alpha value is -0.830. The second-order valence-electron chi connectivity index (χ2n) is 3.46. The summed E-state index contributed by atoms with van der Waals surface area (Å²) < 4.78 is 0. The lowest BCUT2D eigenvalue weighted by molar-refractivity contribution is -0.144. The molecule has 0 radical (unpaired) electrons. The Morgan fingerprint density at radius 1 is 1.62 bits per heavy atom. The second kappa shape index (κ2) is 5.02. The number of piperidine rings is 1. The lowest BCUT2D eigenvalue weighted by Crippen LogP contribution is -2.44. The fourth-order valence-electron chi connectivity index (χ4n) is 1.80. The zero-order valence-corrected chi connectivity index (χ0v) is 7.91. The van der Waals surface area contributed by atoms with E-state index in [-0.39, 0.29) is 6.04 Å². The number of carboxylic acid groups (broad SMARTS) is 1. The van der Waals surface area contributed by atoms with E-state index >= 15 is 0 Å². The molecule has 1 fully saturated rings. The number of carboxylic acids is 1. The molecular formula is C10H17NO2. The topological polar surface area (TPSA) is 40.5 Å². The summed E-state index contributed by atoms with van der Waals surface area (Å²) in [6.45, 7) is 5.40. The molecule has 0 aromatic rings. The Kier molecular flexibility index (Phi) is 3.96. The molecule has 0 aliphatic carbocycles. The first-order valence-electron chi connectivity index (χ1n) is 4.83. The minimum atomic E-state index is -0.677. The fraction of sp³-hybridized carbons (Fsp3) is 0.700. The number of likely N-dealkylation sites (tertiary alicyclic amines) is 1. The van der Waals surface area contributed by atoms with Gasteiger partial charge in [-0.3, -0.25) is 9.69 Å². The van der Waals surface area contributed by atoms with Crippen molar-refractivity contribution in [2.24, 2.45) is 0 Å². The van der Waals surface area contributed by atoms with E-state index in [2.05, 4.69) is 6.58 Å². The maximum Gasteiger partial charge on any atom is 0.320 e. The third kappa shape index (κ3) is 2.84. The highest BCUT2D eigenvalue weighted by atomic mass is 16.4. The monoisotopic (exact) mass is 183 g/mol. The van der Waals surface area contributed by atoms with Gasteiger partial charge in [0.1, 0.15) is 6.04 Å². The second-order valence-corrected chi connectivity index (χ2v) is 3.46. The molecule has 0 aromatic carbocycles. The van der Waals surface area contributed by atoms with E-state index in [1.54, 1.807) is 0 Å². The lowest BCUT2D eigenvalue weighted by Gasteiger charge is -2.32. The highest BCUT2D eigenvalue weighted by molar-refractivity contribution is 5.73. The summed E-state index contributed by atoms with van der Waals surface area (Å²) in [4.78, 5) is 12.9. The molecule has 0 bridgehead atoms. The van der Waals surface area contributed by atoms with Crippen LogP contribution in [0.15, 0.2) is 12.7 Å². The van der Waals surface area contributed by atoms with Gasteiger partial charge in [0.25, 0.3) is 0 Å². The van der Waals surface area contributed by atoms with Crippen LogP contribution in [0.25, 0.3) is 0 Å². The number of rotatable bonds is 4. The molecule has 1 unspecified atom stereocenters. The Morgan fingerprint density at radius 3 is 3.00 bits per heavy atom. The van der Waals surface area contributed by atoms with Crippen LogP contribution in [0.3, 0.4) is 0 Å². The number of carbonyl (C=O) groups is 1. The molecule has 0 saturated carbocycles. The van der Waals surface area contributed by atoms with Crippen molar-refractivity contribution >= 4 is 5.97 Å². The maximum atomic E-state index is 10.9. The molecule has 0 aromatic heterocycles. The Bertz CT molecular complexity index is 191. The molecule has 0 amide bonds. The molecule has 1 rings (SSSR count). The molecule has 3 nitrogen and oxygen atoms in total. The first-order valence-corrected chi connectivity index (χ1v) is 4.83. The van der Waals surface area contributed by atoms with Gasteiger partial charge in [-0.1, -0.05) is 12.5 Å². The Morgan fingerprint density at radius 2 is 2.38 bits per heavy atom. The highest BCUT2D eigenvalue weighted by Crippen LogP contribution is 2.17. The van der Waals surface area contributed by atoms with E-state index in [1.807, 2.05) is 11.0 Å². The van der Waals surface area contributed by atoms with Crippen LogP contribution in [0.2, 0.25) is 0 Å². The van der Waals surface area contributed by atoms with Crippen LogP contribution in [-0.4, -0.2) is 35.1 Å². The Balaban J connectivity index is 2.46. The van der Waals surface area contributed by atoms with Gasteiger partial charge in [-0.05, 0) is 25.8 Å². The number of aliphatic carboxylic acids is 1. The summed E-state index contributed by atoms with van der Waals surface area (Å²) in [7, 11) is 0. The standard InChI is InChI=1S/C10H17NO2/c1-2-3-7-11-8-5-4-6-9(11)10(12)13/h2,9H,1,3-8H2,(H,12,13). The third-order valence-corrected chi connectivity index (χ3v) is 2.52. The van der Waals surface area contributed by atoms with Crippen molar-refractivity contribution in [3.63, 3.8) is 0 Å². The molecule has 1 N–H and O–H groups in total. The molecule has 1 atom stereocenters. The molecule has 1 aliphatic heterocycles. The van der Waals surface area contributed by atoms with Crippen LogP contribution in [0, 0.1) is 0 Å². The average molecular weight is 183 g/mol.